The first-order chi connectivity index (χ1) is 15.8. The van der Waals surface area contributed by atoms with E-state index in [1.54, 1.807) is 4.90 Å². The Morgan fingerprint density at radius 2 is 1.70 bits per heavy atom. The van der Waals surface area contributed by atoms with Crippen molar-refractivity contribution in [2.75, 3.05) is 29.5 Å². The van der Waals surface area contributed by atoms with Gasteiger partial charge < -0.3 is 14.5 Å². The number of anilines is 1. The number of ether oxygens (including phenoxy) is 1. The van der Waals surface area contributed by atoms with Crippen LogP contribution in [0.2, 0.25) is 0 Å². The summed E-state index contributed by atoms with van der Waals surface area (Å²) in [5, 5.41) is 0. The summed E-state index contributed by atoms with van der Waals surface area (Å²) < 4.78 is 43.4. The largest absolute Gasteiger partial charge is 0.481 e. The molecule has 6 nitrogen and oxygen atoms in total. The van der Waals surface area contributed by atoms with E-state index in [0.717, 1.165) is 24.3 Å². The predicted molar refractivity (Wildman–Crippen MR) is 129 cm³/mol. The molecule has 0 bridgehead atoms. The standard InChI is InChI=1S/C25H33FN2O4S/c1-4-24(32-23-13-9-20(26)10-14-23)25(29)28(22-15-16-33(30,31)18-22)17-19-7-11-21(12-8-19)27(5-2)6-3/h7-14,22,24H,4-6,15-18H2,1-3H3. The molecule has 3 rings (SSSR count). The zero-order valence-corrected chi connectivity index (χ0v) is 20.4. The van der Waals surface area contributed by atoms with Crippen LogP contribution in [-0.2, 0) is 21.2 Å². The van der Waals surface area contributed by atoms with E-state index in [-0.39, 0.29) is 23.2 Å². The highest BCUT2D eigenvalue weighted by Gasteiger charge is 2.37. The first-order valence-electron chi connectivity index (χ1n) is 11.5. The lowest BCUT2D eigenvalue weighted by molar-refractivity contribution is -0.141. The second-order valence-corrected chi connectivity index (χ2v) is 10.6. The summed E-state index contributed by atoms with van der Waals surface area (Å²) in [6.45, 7) is 8.16. The molecule has 0 aliphatic carbocycles. The molecule has 0 spiro atoms. The quantitative estimate of drug-likeness (QED) is 0.518. The van der Waals surface area contributed by atoms with E-state index in [1.807, 2.05) is 31.2 Å². The Morgan fingerprint density at radius 1 is 1.06 bits per heavy atom. The van der Waals surface area contributed by atoms with Gasteiger partial charge in [-0.05, 0) is 68.7 Å². The van der Waals surface area contributed by atoms with Gasteiger partial charge in [0.2, 0.25) is 0 Å². The highest BCUT2D eigenvalue weighted by molar-refractivity contribution is 7.91. The molecule has 2 aromatic rings. The Kier molecular flexibility index (Phi) is 8.35. The minimum absolute atomic E-state index is 0.0384. The molecule has 180 valence electrons. The summed E-state index contributed by atoms with van der Waals surface area (Å²) in [5.74, 6) is -0.190. The minimum atomic E-state index is -3.17. The fourth-order valence-corrected chi connectivity index (χ4v) is 5.91. The number of hydrogen-bond acceptors (Lipinski definition) is 5. The lowest BCUT2D eigenvalue weighted by atomic mass is 10.1. The van der Waals surface area contributed by atoms with E-state index in [9.17, 15) is 17.6 Å². The Labute approximate surface area is 196 Å². The third-order valence-corrected chi connectivity index (χ3v) is 7.84. The van der Waals surface area contributed by atoms with Crippen LogP contribution in [0.1, 0.15) is 39.2 Å². The molecule has 2 atom stereocenters. The molecule has 2 unspecified atom stereocenters. The van der Waals surface area contributed by atoms with Gasteiger partial charge in [0.05, 0.1) is 11.5 Å². The van der Waals surface area contributed by atoms with Crippen molar-refractivity contribution in [1.82, 2.24) is 4.90 Å². The van der Waals surface area contributed by atoms with Gasteiger partial charge in [0.1, 0.15) is 11.6 Å². The van der Waals surface area contributed by atoms with Gasteiger partial charge >= 0.3 is 0 Å². The minimum Gasteiger partial charge on any atom is -0.481 e. The molecule has 1 heterocycles. The van der Waals surface area contributed by atoms with E-state index >= 15 is 0 Å². The predicted octanol–water partition coefficient (Wildman–Crippen LogP) is 4.05. The molecule has 0 aromatic heterocycles. The molecule has 0 radical (unpaired) electrons. The number of amides is 1. The van der Waals surface area contributed by atoms with Crippen LogP contribution in [0.25, 0.3) is 0 Å². The lowest BCUT2D eigenvalue weighted by Gasteiger charge is -2.32. The number of rotatable bonds is 10. The maximum atomic E-state index is 13.5. The van der Waals surface area contributed by atoms with Gasteiger partial charge in [0, 0.05) is 31.4 Å². The first kappa shape index (κ1) is 25.0. The van der Waals surface area contributed by atoms with Crippen LogP contribution in [-0.4, -0.2) is 56.0 Å². The lowest BCUT2D eigenvalue weighted by Crippen LogP contribution is -2.47. The fraction of sp³-hybridized carbons (Fsp3) is 0.480. The van der Waals surface area contributed by atoms with Gasteiger partial charge in [-0.2, -0.15) is 0 Å². The third kappa shape index (κ3) is 6.47. The van der Waals surface area contributed by atoms with E-state index in [4.69, 9.17) is 4.74 Å². The molecule has 1 amide bonds. The molecule has 0 N–H and O–H groups in total. The summed E-state index contributed by atoms with van der Waals surface area (Å²) in [5.41, 5.74) is 2.04. The van der Waals surface area contributed by atoms with E-state index in [0.29, 0.717) is 25.1 Å². The second-order valence-electron chi connectivity index (χ2n) is 8.33. The normalized spacial score (nSPS) is 18.0. The zero-order chi connectivity index (χ0) is 24.0. The topological polar surface area (TPSA) is 66.9 Å². The highest BCUT2D eigenvalue weighted by atomic mass is 32.2. The SMILES string of the molecule is CCC(Oc1ccc(F)cc1)C(=O)N(Cc1ccc(N(CC)CC)cc1)C1CCS(=O)(=O)C1. The molecule has 1 aliphatic heterocycles. The van der Waals surface area contributed by atoms with E-state index in [2.05, 4.69) is 18.7 Å². The van der Waals surface area contributed by atoms with Crippen LogP contribution in [0.4, 0.5) is 10.1 Å². The third-order valence-electron chi connectivity index (χ3n) is 6.09. The Morgan fingerprint density at radius 3 is 2.21 bits per heavy atom. The van der Waals surface area contributed by atoms with Crippen molar-refractivity contribution in [2.24, 2.45) is 0 Å². The van der Waals surface area contributed by atoms with Gasteiger partial charge in [-0.3, -0.25) is 4.79 Å². The Balaban J connectivity index is 1.82. The molecule has 1 aliphatic rings. The van der Waals surface area contributed by atoms with Gasteiger partial charge in [-0.25, -0.2) is 12.8 Å². The monoisotopic (exact) mass is 476 g/mol. The van der Waals surface area contributed by atoms with Gasteiger partial charge in [-0.15, -0.1) is 0 Å². The van der Waals surface area contributed by atoms with E-state index < -0.39 is 22.0 Å². The zero-order valence-electron chi connectivity index (χ0n) is 19.5. The Hall–Kier alpha value is -2.61. The molecule has 8 heteroatoms. The van der Waals surface area contributed by atoms with Crippen LogP contribution in [0.3, 0.4) is 0 Å². The molecular weight excluding hydrogens is 443 g/mol. The highest BCUT2D eigenvalue weighted by Crippen LogP contribution is 2.24. The maximum Gasteiger partial charge on any atom is 0.264 e. The molecule has 1 fully saturated rings. The maximum absolute atomic E-state index is 13.5. The van der Waals surface area contributed by atoms with Crippen molar-refractivity contribution >= 4 is 21.4 Å². The number of carbonyl (C=O) groups is 1. The molecular formula is C25H33FN2O4S. The van der Waals surface area contributed by atoms with Crippen molar-refractivity contribution in [3.8, 4) is 5.75 Å². The molecule has 2 aromatic carbocycles. The van der Waals surface area contributed by atoms with Gasteiger partial charge in [0.25, 0.3) is 5.91 Å². The van der Waals surface area contributed by atoms with Crippen molar-refractivity contribution in [1.29, 1.82) is 0 Å². The van der Waals surface area contributed by atoms with Crippen LogP contribution in [0, 0.1) is 5.82 Å². The summed E-state index contributed by atoms with van der Waals surface area (Å²) in [7, 11) is -3.17. The van der Waals surface area contributed by atoms with Crippen LogP contribution in [0.5, 0.6) is 5.75 Å². The van der Waals surface area contributed by atoms with Crippen LogP contribution >= 0.6 is 0 Å². The number of sulfone groups is 1. The van der Waals surface area contributed by atoms with Crippen LogP contribution in [0.15, 0.2) is 48.5 Å². The van der Waals surface area contributed by atoms with Crippen molar-refractivity contribution < 1.29 is 22.3 Å². The number of halogens is 1. The number of carbonyl (C=O) groups excluding carboxylic acids is 1. The van der Waals surface area contributed by atoms with Gasteiger partial charge in [0.15, 0.2) is 15.9 Å². The number of benzene rings is 2. The van der Waals surface area contributed by atoms with Crippen molar-refractivity contribution in [3.63, 3.8) is 0 Å². The summed E-state index contributed by atoms with van der Waals surface area (Å²) >= 11 is 0. The number of nitrogens with zero attached hydrogens (tertiary/aromatic N) is 2. The average molecular weight is 477 g/mol. The number of hydrogen-bond donors (Lipinski definition) is 0. The van der Waals surface area contributed by atoms with Crippen LogP contribution < -0.4 is 9.64 Å². The Bertz CT molecular complexity index is 1020. The molecule has 1 saturated heterocycles. The molecule has 0 saturated carbocycles. The summed E-state index contributed by atoms with van der Waals surface area (Å²) in [4.78, 5) is 17.4. The van der Waals surface area contributed by atoms with E-state index in [1.165, 1.54) is 24.3 Å². The van der Waals surface area contributed by atoms with Crippen molar-refractivity contribution in [2.45, 2.75) is 52.3 Å². The first-order valence-corrected chi connectivity index (χ1v) is 13.4. The van der Waals surface area contributed by atoms with Crippen molar-refractivity contribution in [3.05, 3.63) is 59.9 Å². The second kappa shape index (κ2) is 11.0. The average Bonchev–Trinajstić information content (AvgIpc) is 3.17. The fourth-order valence-electron chi connectivity index (χ4n) is 4.18. The van der Waals surface area contributed by atoms with Gasteiger partial charge in [-0.1, -0.05) is 19.1 Å². The summed E-state index contributed by atoms with van der Waals surface area (Å²) in [6, 6.07) is 13.2. The smallest absolute Gasteiger partial charge is 0.264 e. The molecule has 33 heavy (non-hydrogen) atoms. The summed E-state index contributed by atoms with van der Waals surface area (Å²) in [6.07, 6.45) is 0.0415.